The molecule has 1 amide bonds. The molecule has 1 aliphatic rings. The average molecular weight is 282 g/mol. The minimum absolute atomic E-state index is 0.130. The van der Waals surface area contributed by atoms with Crippen LogP contribution in [0.3, 0.4) is 0 Å². The van der Waals surface area contributed by atoms with Crippen molar-refractivity contribution in [2.75, 3.05) is 11.6 Å². The number of benzene rings is 1. The molecule has 1 saturated carbocycles. The van der Waals surface area contributed by atoms with Crippen molar-refractivity contribution in [1.29, 1.82) is 0 Å². The number of rotatable bonds is 4. The van der Waals surface area contributed by atoms with Gasteiger partial charge in [-0.15, -0.1) is 0 Å². The summed E-state index contributed by atoms with van der Waals surface area (Å²) in [5.41, 5.74) is 6.23. The number of nitrogens with one attached hydrogen (secondary N) is 1. The number of sulfone groups is 1. The Morgan fingerprint density at radius 1 is 1.32 bits per heavy atom. The number of anilines is 1. The Kier molecular flexibility index (Phi) is 3.64. The summed E-state index contributed by atoms with van der Waals surface area (Å²) in [6.07, 6.45) is 4.30. The fourth-order valence-corrected chi connectivity index (χ4v) is 2.75. The van der Waals surface area contributed by atoms with Gasteiger partial charge < -0.3 is 11.1 Å². The molecule has 0 atom stereocenters. The van der Waals surface area contributed by atoms with E-state index < -0.39 is 9.84 Å². The molecular weight excluding hydrogens is 264 g/mol. The number of amides is 1. The molecule has 0 aliphatic heterocycles. The molecule has 2 rings (SSSR count). The van der Waals surface area contributed by atoms with Gasteiger partial charge in [0.1, 0.15) is 0 Å². The second-order valence-electron chi connectivity index (χ2n) is 5.24. The first kappa shape index (κ1) is 14.0. The summed E-state index contributed by atoms with van der Waals surface area (Å²) in [5.74, 6) is -0.130. The molecule has 0 radical (unpaired) electrons. The van der Waals surface area contributed by atoms with Crippen molar-refractivity contribution in [1.82, 2.24) is 0 Å². The van der Waals surface area contributed by atoms with Crippen LogP contribution < -0.4 is 11.1 Å². The maximum atomic E-state index is 11.8. The van der Waals surface area contributed by atoms with E-state index in [-0.39, 0.29) is 16.3 Å². The average Bonchev–Trinajstić information content (AvgIpc) is 2.26. The highest BCUT2D eigenvalue weighted by atomic mass is 32.2. The summed E-state index contributed by atoms with van der Waals surface area (Å²) in [6, 6.07) is 6.12. The molecule has 0 unspecified atom stereocenters. The summed E-state index contributed by atoms with van der Waals surface area (Å²) >= 11 is 0. The van der Waals surface area contributed by atoms with E-state index >= 15 is 0 Å². The third-order valence-electron chi connectivity index (χ3n) is 3.43. The SMILES string of the molecule is CS(=O)(=O)c1ccc(NC(=O)CC2(N)CCC2)cc1. The third kappa shape index (κ3) is 3.54. The van der Waals surface area contributed by atoms with E-state index in [0.29, 0.717) is 12.1 Å². The van der Waals surface area contributed by atoms with Crippen LogP contribution in [0.1, 0.15) is 25.7 Å². The van der Waals surface area contributed by atoms with E-state index in [9.17, 15) is 13.2 Å². The fourth-order valence-electron chi connectivity index (χ4n) is 2.12. The topological polar surface area (TPSA) is 89.3 Å². The van der Waals surface area contributed by atoms with Crippen molar-refractivity contribution in [3.05, 3.63) is 24.3 Å². The van der Waals surface area contributed by atoms with Crippen LogP contribution >= 0.6 is 0 Å². The smallest absolute Gasteiger partial charge is 0.226 e. The number of carbonyl (C=O) groups is 1. The molecule has 6 heteroatoms. The van der Waals surface area contributed by atoms with E-state index in [1.54, 1.807) is 12.1 Å². The number of nitrogens with two attached hydrogens (primary N) is 1. The largest absolute Gasteiger partial charge is 0.326 e. The van der Waals surface area contributed by atoms with Crippen LogP contribution in [-0.4, -0.2) is 26.1 Å². The van der Waals surface area contributed by atoms with Crippen LogP contribution in [0.2, 0.25) is 0 Å². The first-order chi connectivity index (χ1) is 8.78. The zero-order chi connectivity index (χ0) is 14.1. The first-order valence-electron chi connectivity index (χ1n) is 6.17. The maximum absolute atomic E-state index is 11.8. The highest BCUT2D eigenvalue weighted by Gasteiger charge is 2.34. The lowest BCUT2D eigenvalue weighted by atomic mass is 9.75. The highest BCUT2D eigenvalue weighted by Crippen LogP contribution is 2.32. The summed E-state index contributed by atoms with van der Waals surface area (Å²) in [4.78, 5) is 12.0. The molecule has 0 bridgehead atoms. The molecule has 1 aromatic carbocycles. The Balaban J connectivity index is 1.98. The Morgan fingerprint density at radius 3 is 2.32 bits per heavy atom. The van der Waals surface area contributed by atoms with Crippen LogP contribution in [0.4, 0.5) is 5.69 Å². The quantitative estimate of drug-likeness (QED) is 0.871. The lowest BCUT2D eigenvalue weighted by Gasteiger charge is -2.37. The van der Waals surface area contributed by atoms with Crippen molar-refractivity contribution < 1.29 is 13.2 Å². The predicted molar refractivity (Wildman–Crippen MR) is 73.6 cm³/mol. The molecule has 0 aromatic heterocycles. The van der Waals surface area contributed by atoms with E-state index in [1.165, 1.54) is 12.1 Å². The Bertz CT molecular complexity index is 574. The Morgan fingerprint density at radius 2 is 1.89 bits per heavy atom. The molecule has 19 heavy (non-hydrogen) atoms. The van der Waals surface area contributed by atoms with Gasteiger partial charge in [0, 0.05) is 23.9 Å². The summed E-state index contributed by atoms with van der Waals surface area (Å²) in [5, 5.41) is 2.73. The number of hydrogen-bond acceptors (Lipinski definition) is 4. The third-order valence-corrected chi connectivity index (χ3v) is 4.56. The predicted octanol–water partition coefficient (Wildman–Crippen LogP) is 1.30. The molecule has 0 heterocycles. The van der Waals surface area contributed by atoms with Gasteiger partial charge in [-0.2, -0.15) is 0 Å². The molecule has 1 aliphatic carbocycles. The molecule has 5 nitrogen and oxygen atoms in total. The van der Waals surface area contributed by atoms with Crippen molar-refractivity contribution in [2.24, 2.45) is 5.73 Å². The molecule has 1 fully saturated rings. The van der Waals surface area contributed by atoms with Crippen LogP contribution in [0.5, 0.6) is 0 Å². The second kappa shape index (κ2) is 4.94. The summed E-state index contributed by atoms with van der Waals surface area (Å²) in [6.45, 7) is 0. The lowest BCUT2D eigenvalue weighted by Crippen LogP contribution is -2.48. The van der Waals surface area contributed by atoms with Gasteiger partial charge in [-0.3, -0.25) is 4.79 Å². The standard InChI is InChI=1S/C13H18N2O3S/c1-19(17,18)11-5-3-10(4-6-11)15-12(16)9-13(14)7-2-8-13/h3-6H,2,7-9,14H2,1H3,(H,15,16). The van der Waals surface area contributed by atoms with E-state index in [1.807, 2.05) is 0 Å². The van der Waals surface area contributed by atoms with E-state index in [4.69, 9.17) is 5.73 Å². The molecule has 0 spiro atoms. The summed E-state index contributed by atoms with van der Waals surface area (Å²) in [7, 11) is -3.20. The Labute approximate surface area is 113 Å². The van der Waals surface area contributed by atoms with Gasteiger partial charge in [-0.25, -0.2) is 8.42 Å². The van der Waals surface area contributed by atoms with Gasteiger partial charge in [-0.05, 0) is 43.5 Å². The highest BCUT2D eigenvalue weighted by molar-refractivity contribution is 7.90. The molecule has 0 saturated heterocycles. The van der Waals surface area contributed by atoms with E-state index in [2.05, 4.69) is 5.32 Å². The van der Waals surface area contributed by atoms with Crippen molar-refractivity contribution in [3.63, 3.8) is 0 Å². The van der Waals surface area contributed by atoms with Crippen LogP contribution in [-0.2, 0) is 14.6 Å². The van der Waals surface area contributed by atoms with Crippen LogP contribution in [0.25, 0.3) is 0 Å². The normalized spacial score (nSPS) is 17.6. The monoisotopic (exact) mass is 282 g/mol. The van der Waals surface area contributed by atoms with Gasteiger partial charge in [0.05, 0.1) is 4.90 Å². The fraction of sp³-hybridized carbons (Fsp3) is 0.462. The zero-order valence-corrected chi connectivity index (χ0v) is 11.7. The van der Waals surface area contributed by atoms with Gasteiger partial charge in [0.2, 0.25) is 5.91 Å². The molecule has 1 aromatic rings. The van der Waals surface area contributed by atoms with E-state index in [0.717, 1.165) is 25.5 Å². The number of carbonyl (C=O) groups excluding carboxylic acids is 1. The summed E-state index contributed by atoms with van der Waals surface area (Å²) < 4.78 is 22.6. The number of hydrogen-bond donors (Lipinski definition) is 2. The Hall–Kier alpha value is -1.40. The lowest BCUT2D eigenvalue weighted by molar-refractivity contribution is -0.118. The molecule has 104 valence electrons. The minimum Gasteiger partial charge on any atom is -0.326 e. The first-order valence-corrected chi connectivity index (χ1v) is 8.07. The van der Waals surface area contributed by atoms with Crippen LogP contribution in [0.15, 0.2) is 29.2 Å². The van der Waals surface area contributed by atoms with Crippen molar-refractivity contribution in [2.45, 2.75) is 36.1 Å². The molecule has 3 N–H and O–H groups in total. The van der Waals surface area contributed by atoms with Gasteiger partial charge >= 0.3 is 0 Å². The van der Waals surface area contributed by atoms with Gasteiger partial charge in [0.25, 0.3) is 0 Å². The maximum Gasteiger partial charge on any atom is 0.226 e. The zero-order valence-electron chi connectivity index (χ0n) is 10.8. The molecular formula is C13H18N2O3S. The van der Waals surface area contributed by atoms with Gasteiger partial charge in [0.15, 0.2) is 9.84 Å². The second-order valence-corrected chi connectivity index (χ2v) is 7.25. The minimum atomic E-state index is -3.20. The van der Waals surface area contributed by atoms with Crippen molar-refractivity contribution in [3.8, 4) is 0 Å². The van der Waals surface area contributed by atoms with Crippen molar-refractivity contribution >= 4 is 21.4 Å². The van der Waals surface area contributed by atoms with Gasteiger partial charge in [-0.1, -0.05) is 0 Å². The van der Waals surface area contributed by atoms with Crippen LogP contribution in [0, 0.1) is 0 Å².